The molecule has 1 unspecified atom stereocenters. The van der Waals surface area contributed by atoms with Gasteiger partial charge in [0.1, 0.15) is 0 Å². The Bertz CT molecular complexity index is 363. The normalized spacial score (nSPS) is 14.6. The second-order valence-corrected chi connectivity index (χ2v) is 4.30. The van der Waals surface area contributed by atoms with Gasteiger partial charge >= 0.3 is 5.97 Å². The largest absolute Gasteiger partial charge is 0.480 e. The van der Waals surface area contributed by atoms with E-state index in [1.807, 2.05) is 13.8 Å². The fraction of sp³-hybridized carbons (Fsp3) is 0.538. The van der Waals surface area contributed by atoms with Crippen molar-refractivity contribution >= 4 is 5.97 Å². The molecule has 0 spiro atoms. The molecule has 0 amide bonds. The Kier molecular flexibility index (Phi) is 4.63. The molecule has 0 aromatic carbocycles. The van der Waals surface area contributed by atoms with Crippen LogP contribution < -0.4 is 5.32 Å². The molecule has 17 heavy (non-hydrogen) atoms. The van der Waals surface area contributed by atoms with Crippen LogP contribution in [0.15, 0.2) is 24.4 Å². The summed E-state index contributed by atoms with van der Waals surface area (Å²) in [5, 5.41) is 12.6. The van der Waals surface area contributed by atoms with E-state index in [2.05, 4.69) is 10.3 Å². The smallest absolute Gasteiger partial charge is 0.329 e. The average Bonchev–Trinajstić information content (AvgIpc) is 2.36. The van der Waals surface area contributed by atoms with E-state index in [0.717, 1.165) is 12.8 Å². The standard InChI is InChI=1S/C13H20N2O2/c1-4-10(5-2)15-13(3,12(16)17)11-8-6-7-9-14-11/h6-10,15H,4-5H2,1-3H3,(H,16,17). The van der Waals surface area contributed by atoms with Crippen molar-refractivity contribution in [1.82, 2.24) is 10.3 Å². The average molecular weight is 236 g/mol. The SMILES string of the molecule is CCC(CC)NC(C)(C(=O)O)c1ccccn1. The van der Waals surface area contributed by atoms with E-state index < -0.39 is 11.5 Å². The van der Waals surface area contributed by atoms with Crippen LogP contribution in [0.2, 0.25) is 0 Å². The molecule has 0 saturated heterocycles. The van der Waals surface area contributed by atoms with Crippen molar-refractivity contribution in [3.8, 4) is 0 Å². The first-order valence-corrected chi connectivity index (χ1v) is 5.97. The molecule has 0 saturated carbocycles. The molecule has 1 aromatic rings. The van der Waals surface area contributed by atoms with Gasteiger partial charge in [-0.3, -0.25) is 10.3 Å². The third-order valence-corrected chi connectivity index (χ3v) is 3.08. The summed E-state index contributed by atoms with van der Waals surface area (Å²) in [7, 11) is 0. The maximum atomic E-state index is 11.5. The highest BCUT2D eigenvalue weighted by atomic mass is 16.4. The number of hydrogen-bond donors (Lipinski definition) is 2. The molecule has 1 aromatic heterocycles. The zero-order valence-electron chi connectivity index (χ0n) is 10.6. The number of carbonyl (C=O) groups is 1. The number of pyridine rings is 1. The predicted molar refractivity (Wildman–Crippen MR) is 66.7 cm³/mol. The van der Waals surface area contributed by atoms with Crippen LogP contribution in [-0.2, 0) is 10.3 Å². The summed E-state index contributed by atoms with van der Waals surface area (Å²) >= 11 is 0. The highest BCUT2D eigenvalue weighted by molar-refractivity contribution is 5.79. The lowest BCUT2D eigenvalue weighted by Gasteiger charge is -2.30. The van der Waals surface area contributed by atoms with Crippen LogP contribution in [0.4, 0.5) is 0 Å². The molecule has 0 aliphatic rings. The van der Waals surface area contributed by atoms with Gasteiger partial charge in [-0.2, -0.15) is 0 Å². The van der Waals surface area contributed by atoms with E-state index in [4.69, 9.17) is 0 Å². The minimum Gasteiger partial charge on any atom is -0.480 e. The summed E-state index contributed by atoms with van der Waals surface area (Å²) in [4.78, 5) is 15.6. The Morgan fingerprint density at radius 1 is 1.47 bits per heavy atom. The molecule has 1 heterocycles. The first-order chi connectivity index (χ1) is 8.04. The third kappa shape index (κ3) is 3.03. The van der Waals surface area contributed by atoms with Crippen LogP contribution in [-0.4, -0.2) is 22.1 Å². The van der Waals surface area contributed by atoms with Gasteiger partial charge in [0.25, 0.3) is 0 Å². The number of nitrogens with zero attached hydrogens (tertiary/aromatic N) is 1. The van der Waals surface area contributed by atoms with Crippen LogP contribution >= 0.6 is 0 Å². The Morgan fingerprint density at radius 2 is 2.12 bits per heavy atom. The second kappa shape index (κ2) is 5.77. The fourth-order valence-electron chi connectivity index (χ4n) is 1.80. The van der Waals surface area contributed by atoms with Crippen LogP contribution in [0.1, 0.15) is 39.3 Å². The maximum Gasteiger partial charge on any atom is 0.329 e. The number of aliphatic carboxylic acids is 1. The molecule has 1 atom stereocenters. The van der Waals surface area contributed by atoms with Crippen molar-refractivity contribution in [3.63, 3.8) is 0 Å². The maximum absolute atomic E-state index is 11.5. The molecular weight excluding hydrogens is 216 g/mol. The van der Waals surface area contributed by atoms with Gasteiger partial charge in [0, 0.05) is 12.2 Å². The van der Waals surface area contributed by atoms with Crippen molar-refractivity contribution < 1.29 is 9.90 Å². The van der Waals surface area contributed by atoms with Gasteiger partial charge in [0.15, 0.2) is 5.54 Å². The van der Waals surface area contributed by atoms with Crippen molar-refractivity contribution in [2.45, 2.75) is 45.2 Å². The lowest BCUT2D eigenvalue weighted by Crippen LogP contribution is -2.51. The zero-order valence-corrected chi connectivity index (χ0v) is 10.6. The first kappa shape index (κ1) is 13.6. The van der Waals surface area contributed by atoms with Crippen molar-refractivity contribution in [3.05, 3.63) is 30.1 Å². The van der Waals surface area contributed by atoms with E-state index in [1.165, 1.54) is 0 Å². The monoisotopic (exact) mass is 236 g/mol. The summed E-state index contributed by atoms with van der Waals surface area (Å²) in [6.45, 7) is 5.75. The first-order valence-electron chi connectivity index (χ1n) is 5.97. The highest BCUT2D eigenvalue weighted by Gasteiger charge is 2.37. The molecule has 1 rings (SSSR count). The summed E-state index contributed by atoms with van der Waals surface area (Å²) < 4.78 is 0. The Hall–Kier alpha value is -1.42. The molecule has 0 radical (unpaired) electrons. The molecule has 0 aliphatic heterocycles. The lowest BCUT2D eigenvalue weighted by atomic mass is 9.94. The van der Waals surface area contributed by atoms with Crippen LogP contribution in [0.3, 0.4) is 0 Å². The second-order valence-electron chi connectivity index (χ2n) is 4.30. The molecule has 0 aliphatic carbocycles. The molecule has 0 bridgehead atoms. The number of carboxylic acid groups (broad SMARTS) is 1. The van der Waals surface area contributed by atoms with Gasteiger partial charge in [-0.05, 0) is 31.9 Å². The van der Waals surface area contributed by atoms with Crippen LogP contribution in [0.5, 0.6) is 0 Å². The predicted octanol–water partition coefficient (Wildman–Crippen LogP) is 2.16. The quantitative estimate of drug-likeness (QED) is 0.794. The number of nitrogens with one attached hydrogen (secondary N) is 1. The Balaban J connectivity index is 3.02. The minimum atomic E-state index is -1.13. The fourth-order valence-corrected chi connectivity index (χ4v) is 1.80. The topological polar surface area (TPSA) is 62.2 Å². The van der Waals surface area contributed by atoms with Gasteiger partial charge < -0.3 is 5.11 Å². The molecule has 94 valence electrons. The Morgan fingerprint density at radius 3 is 2.53 bits per heavy atom. The number of hydrogen-bond acceptors (Lipinski definition) is 3. The molecule has 2 N–H and O–H groups in total. The summed E-state index contributed by atoms with van der Waals surface area (Å²) in [6, 6.07) is 5.50. The van der Waals surface area contributed by atoms with E-state index >= 15 is 0 Å². The van der Waals surface area contributed by atoms with Crippen molar-refractivity contribution in [2.75, 3.05) is 0 Å². The molecule has 4 nitrogen and oxygen atoms in total. The van der Waals surface area contributed by atoms with Gasteiger partial charge in [-0.15, -0.1) is 0 Å². The van der Waals surface area contributed by atoms with E-state index in [9.17, 15) is 9.90 Å². The zero-order chi connectivity index (χ0) is 12.9. The molecular formula is C13H20N2O2. The summed E-state index contributed by atoms with van der Waals surface area (Å²) in [5.74, 6) is -0.900. The Labute approximate surface area is 102 Å². The minimum absolute atomic E-state index is 0.179. The van der Waals surface area contributed by atoms with Gasteiger partial charge in [0.05, 0.1) is 5.69 Å². The van der Waals surface area contributed by atoms with E-state index in [0.29, 0.717) is 5.69 Å². The number of aromatic nitrogens is 1. The van der Waals surface area contributed by atoms with E-state index in [1.54, 1.807) is 31.3 Å². The number of carboxylic acids is 1. The van der Waals surface area contributed by atoms with Crippen LogP contribution in [0, 0.1) is 0 Å². The number of rotatable bonds is 6. The van der Waals surface area contributed by atoms with Gasteiger partial charge in [-0.25, -0.2) is 4.79 Å². The summed E-state index contributed by atoms with van der Waals surface area (Å²) in [5.41, 5.74) is -0.586. The summed E-state index contributed by atoms with van der Waals surface area (Å²) in [6.07, 6.45) is 3.41. The van der Waals surface area contributed by atoms with E-state index in [-0.39, 0.29) is 6.04 Å². The van der Waals surface area contributed by atoms with Crippen LogP contribution in [0.25, 0.3) is 0 Å². The molecule has 0 fully saturated rings. The van der Waals surface area contributed by atoms with Crippen molar-refractivity contribution in [1.29, 1.82) is 0 Å². The van der Waals surface area contributed by atoms with Crippen molar-refractivity contribution in [2.24, 2.45) is 0 Å². The van der Waals surface area contributed by atoms with Gasteiger partial charge in [0.2, 0.25) is 0 Å². The van der Waals surface area contributed by atoms with Gasteiger partial charge in [-0.1, -0.05) is 19.9 Å². The lowest BCUT2D eigenvalue weighted by molar-refractivity contribution is -0.145. The third-order valence-electron chi connectivity index (χ3n) is 3.08. The molecule has 4 heteroatoms. The highest BCUT2D eigenvalue weighted by Crippen LogP contribution is 2.20.